The van der Waals surface area contributed by atoms with Crippen LogP contribution in [-0.2, 0) is 6.42 Å². The van der Waals surface area contributed by atoms with Gasteiger partial charge in [-0.15, -0.1) is 0 Å². The van der Waals surface area contributed by atoms with Crippen molar-refractivity contribution in [1.82, 2.24) is 10.3 Å². The van der Waals surface area contributed by atoms with Crippen LogP contribution in [0, 0.1) is 25.5 Å². The molecule has 0 aliphatic heterocycles. The van der Waals surface area contributed by atoms with E-state index in [2.05, 4.69) is 10.3 Å². The lowest BCUT2D eigenvalue weighted by atomic mass is 10.0. The molecule has 1 heterocycles. The molecule has 0 saturated heterocycles. The Morgan fingerprint density at radius 1 is 1.08 bits per heavy atom. The smallest absolute Gasteiger partial charge is 0.251 e. The highest BCUT2D eigenvalue weighted by molar-refractivity contribution is 5.94. The molecule has 0 spiro atoms. The molecule has 0 aliphatic rings. The van der Waals surface area contributed by atoms with Crippen LogP contribution in [0.5, 0.6) is 0 Å². The number of amides is 1. The van der Waals surface area contributed by atoms with Crippen LogP contribution in [0.1, 0.15) is 27.0 Å². The molecule has 2 aromatic carbocycles. The molecule has 0 atom stereocenters. The van der Waals surface area contributed by atoms with Crippen LogP contribution in [0.25, 0.3) is 10.9 Å². The number of pyridine rings is 1. The summed E-state index contributed by atoms with van der Waals surface area (Å²) in [6.07, 6.45) is 0.327. The standard InChI is InChI=1S/C20H18F2N2O2/c1-11-7-12(2)15-9-14(20(26)24-18(15)8-11)5-6-23-19(25)13-3-4-16(21)17(22)10-13/h3-4,7-10H,5-6H2,1-2H3,(H,23,25)(H,24,26). The highest BCUT2D eigenvalue weighted by atomic mass is 19.2. The summed E-state index contributed by atoms with van der Waals surface area (Å²) in [6, 6.07) is 8.74. The van der Waals surface area contributed by atoms with Crippen LogP contribution < -0.4 is 10.9 Å². The monoisotopic (exact) mass is 356 g/mol. The SMILES string of the molecule is Cc1cc(C)c2cc(CCNC(=O)c3ccc(F)c(F)c3)c(=O)[nH]c2c1. The van der Waals surface area contributed by atoms with Gasteiger partial charge in [0.25, 0.3) is 11.5 Å². The first-order valence-corrected chi connectivity index (χ1v) is 8.21. The Balaban J connectivity index is 1.73. The molecule has 0 bridgehead atoms. The van der Waals surface area contributed by atoms with Gasteiger partial charge in [-0.05, 0) is 61.7 Å². The van der Waals surface area contributed by atoms with E-state index in [0.29, 0.717) is 12.0 Å². The van der Waals surface area contributed by atoms with E-state index in [-0.39, 0.29) is 17.7 Å². The molecule has 1 amide bonds. The predicted molar refractivity (Wildman–Crippen MR) is 96.4 cm³/mol. The second-order valence-electron chi connectivity index (χ2n) is 6.30. The van der Waals surface area contributed by atoms with Crippen molar-refractivity contribution in [3.8, 4) is 0 Å². The lowest BCUT2D eigenvalue weighted by molar-refractivity contribution is 0.0953. The van der Waals surface area contributed by atoms with E-state index < -0.39 is 17.5 Å². The number of aromatic nitrogens is 1. The Hall–Kier alpha value is -3.02. The van der Waals surface area contributed by atoms with Crippen molar-refractivity contribution < 1.29 is 13.6 Å². The Kier molecular flexibility index (Phi) is 4.84. The van der Waals surface area contributed by atoms with Gasteiger partial charge in [-0.1, -0.05) is 6.07 Å². The number of aryl methyl sites for hydroxylation is 2. The van der Waals surface area contributed by atoms with E-state index in [0.717, 1.165) is 34.2 Å². The zero-order chi connectivity index (χ0) is 18.8. The Morgan fingerprint density at radius 2 is 1.85 bits per heavy atom. The number of halogens is 2. The number of hydrogen-bond donors (Lipinski definition) is 2. The molecule has 0 aliphatic carbocycles. The number of rotatable bonds is 4. The fourth-order valence-electron chi connectivity index (χ4n) is 2.95. The van der Waals surface area contributed by atoms with Crippen molar-refractivity contribution in [2.45, 2.75) is 20.3 Å². The van der Waals surface area contributed by atoms with Crippen LogP contribution in [-0.4, -0.2) is 17.4 Å². The van der Waals surface area contributed by atoms with Gasteiger partial charge in [0.15, 0.2) is 11.6 Å². The zero-order valence-electron chi connectivity index (χ0n) is 14.5. The van der Waals surface area contributed by atoms with Crippen LogP contribution in [0.2, 0.25) is 0 Å². The fraction of sp³-hybridized carbons (Fsp3) is 0.200. The molecule has 0 fully saturated rings. The van der Waals surface area contributed by atoms with E-state index in [4.69, 9.17) is 0 Å². The molecule has 26 heavy (non-hydrogen) atoms. The lowest BCUT2D eigenvalue weighted by Gasteiger charge is -2.08. The molecule has 6 heteroatoms. The largest absolute Gasteiger partial charge is 0.352 e. The summed E-state index contributed by atoms with van der Waals surface area (Å²) >= 11 is 0. The van der Waals surface area contributed by atoms with Gasteiger partial charge in [-0.3, -0.25) is 9.59 Å². The Labute approximate surface area is 148 Å². The topological polar surface area (TPSA) is 62.0 Å². The first kappa shape index (κ1) is 17.8. The summed E-state index contributed by atoms with van der Waals surface area (Å²) in [5, 5.41) is 3.57. The maximum atomic E-state index is 13.2. The van der Waals surface area contributed by atoms with Gasteiger partial charge in [0.1, 0.15) is 0 Å². The number of H-pyrrole nitrogens is 1. The van der Waals surface area contributed by atoms with E-state index in [1.807, 2.05) is 32.0 Å². The number of carbonyl (C=O) groups excluding carboxylic acids is 1. The average Bonchev–Trinajstić information content (AvgIpc) is 2.58. The number of nitrogens with one attached hydrogen (secondary N) is 2. The molecule has 1 aromatic heterocycles. The number of benzene rings is 2. The van der Waals surface area contributed by atoms with E-state index in [9.17, 15) is 18.4 Å². The highest BCUT2D eigenvalue weighted by Gasteiger charge is 2.10. The summed E-state index contributed by atoms with van der Waals surface area (Å²) in [7, 11) is 0. The number of carbonyl (C=O) groups is 1. The van der Waals surface area contributed by atoms with Crippen molar-refractivity contribution in [3.63, 3.8) is 0 Å². The molecular weight excluding hydrogens is 338 g/mol. The summed E-state index contributed by atoms with van der Waals surface area (Å²) in [5.41, 5.74) is 3.28. The summed E-state index contributed by atoms with van der Waals surface area (Å²) in [4.78, 5) is 27.1. The van der Waals surface area contributed by atoms with E-state index in [1.54, 1.807) is 0 Å². The Morgan fingerprint density at radius 3 is 2.58 bits per heavy atom. The van der Waals surface area contributed by atoms with Crippen molar-refractivity contribution in [3.05, 3.63) is 80.6 Å². The van der Waals surface area contributed by atoms with Crippen molar-refractivity contribution in [1.29, 1.82) is 0 Å². The number of hydrogen-bond acceptors (Lipinski definition) is 2. The van der Waals surface area contributed by atoms with Crippen LogP contribution in [0.3, 0.4) is 0 Å². The number of fused-ring (bicyclic) bond motifs is 1. The third-order valence-corrected chi connectivity index (χ3v) is 4.25. The average molecular weight is 356 g/mol. The molecule has 3 rings (SSSR count). The van der Waals surface area contributed by atoms with E-state index >= 15 is 0 Å². The molecule has 0 unspecified atom stereocenters. The van der Waals surface area contributed by atoms with Gasteiger partial charge in [0, 0.05) is 28.6 Å². The predicted octanol–water partition coefficient (Wildman–Crippen LogP) is 3.40. The van der Waals surface area contributed by atoms with Gasteiger partial charge in [-0.2, -0.15) is 0 Å². The van der Waals surface area contributed by atoms with Gasteiger partial charge >= 0.3 is 0 Å². The minimum absolute atomic E-state index is 0.0302. The molecule has 0 saturated carbocycles. The van der Waals surface area contributed by atoms with Crippen LogP contribution >= 0.6 is 0 Å². The van der Waals surface area contributed by atoms with Gasteiger partial charge < -0.3 is 10.3 Å². The van der Waals surface area contributed by atoms with Gasteiger partial charge in [-0.25, -0.2) is 8.78 Å². The maximum Gasteiger partial charge on any atom is 0.251 e. The first-order valence-electron chi connectivity index (χ1n) is 8.21. The second-order valence-corrected chi connectivity index (χ2v) is 6.30. The van der Waals surface area contributed by atoms with Crippen molar-refractivity contribution in [2.24, 2.45) is 0 Å². The normalized spacial score (nSPS) is 10.9. The third kappa shape index (κ3) is 3.64. The minimum Gasteiger partial charge on any atom is -0.352 e. The molecule has 4 nitrogen and oxygen atoms in total. The first-order chi connectivity index (χ1) is 12.3. The lowest BCUT2D eigenvalue weighted by Crippen LogP contribution is -2.27. The summed E-state index contributed by atoms with van der Waals surface area (Å²) < 4.78 is 26.1. The van der Waals surface area contributed by atoms with Gasteiger partial charge in [0.2, 0.25) is 0 Å². The van der Waals surface area contributed by atoms with Crippen molar-refractivity contribution >= 4 is 16.8 Å². The molecule has 0 radical (unpaired) electrons. The molecule has 134 valence electrons. The quantitative estimate of drug-likeness (QED) is 0.753. The number of aromatic amines is 1. The van der Waals surface area contributed by atoms with Crippen LogP contribution in [0.15, 0.2) is 41.2 Å². The highest BCUT2D eigenvalue weighted by Crippen LogP contribution is 2.18. The summed E-state index contributed by atoms with van der Waals surface area (Å²) in [6.45, 7) is 4.14. The van der Waals surface area contributed by atoms with E-state index in [1.165, 1.54) is 6.07 Å². The van der Waals surface area contributed by atoms with Gasteiger partial charge in [0.05, 0.1) is 0 Å². The minimum atomic E-state index is -1.07. The third-order valence-electron chi connectivity index (χ3n) is 4.25. The van der Waals surface area contributed by atoms with Crippen molar-refractivity contribution in [2.75, 3.05) is 6.54 Å². The molecule has 3 aromatic rings. The summed E-state index contributed by atoms with van der Waals surface area (Å²) in [5.74, 6) is -2.60. The molecule has 2 N–H and O–H groups in total. The van der Waals surface area contributed by atoms with Crippen LogP contribution in [0.4, 0.5) is 8.78 Å². The molecular formula is C20H18F2N2O2. The zero-order valence-corrected chi connectivity index (χ0v) is 14.5. The Bertz CT molecular complexity index is 1060. The second kappa shape index (κ2) is 7.07. The maximum absolute atomic E-state index is 13.2. The fourth-order valence-corrected chi connectivity index (χ4v) is 2.95.